The molecule has 1 aromatic heterocycles. The molecule has 5 heteroatoms. The third kappa shape index (κ3) is 1.89. The van der Waals surface area contributed by atoms with Crippen LogP contribution in [-0.4, -0.2) is 22.2 Å². The molecule has 88 valence electrons. The van der Waals surface area contributed by atoms with E-state index in [1.807, 2.05) is 13.0 Å². The third-order valence-corrected chi connectivity index (χ3v) is 3.73. The Morgan fingerprint density at radius 2 is 1.94 bits per heavy atom. The van der Waals surface area contributed by atoms with E-state index in [-0.39, 0.29) is 10.4 Å². The fourth-order valence-corrected chi connectivity index (χ4v) is 2.74. The van der Waals surface area contributed by atoms with Crippen LogP contribution in [0, 0.1) is 0 Å². The molecule has 0 bridgehead atoms. The summed E-state index contributed by atoms with van der Waals surface area (Å²) in [6.45, 7) is 1.96. The highest BCUT2D eigenvalue weighted by Crippen LogP contribution is 2.32. The predicted molar refractivity (Wildman–Crippen MR) is 65.1 cm³/mol. The van der Waals surface area contributed by atoms with E-state index in [2.05, 4.69) is 0 Å². The van der Waals surface area contributed by atoms with Crippen molar-refractivity contribution in [3.8, 4) is 0 Å². The zero-order valence-corrected chi connectivity index (χ0v) is 9.87. The number of carboxylic acid groups (broad SMARTS) is 2. The highest BCUT2D eigenvalue weighted by Gasteiger charge is 2.22. The van der Waals surface area contributed by atoms with Crippen LogP contribution in [0.25, 0.3) is 10.1 Å². The van der Waals surface area contributed by atoms with E-state index in [1.165, 1.54) is 0 Å². The smallest absolute Gasteiger partial charge is 0.346 e. The molecule has 2 rings (SSSR count). The zero-order chi connectivity index (χ0) is 12.6. The number of aryl methyl sites for hydroxylation is 1. The van der Waals surface area contributed by atoms with Crippen molar-refractivity contribution in [3.05, 3.63) is 34.2 Å². The molecular weight excluding hydrogens is 240 g/mol. The first-order chi connectivity index (χ1) is 8.04. The van der Waals surface area contributed by atoms with Gasteiger partial charge in [-0.15, -0.1) is 11.3 Å². The maximum atomic E-state index is 11.1. The molecule has 0 spiro atoms. The highest BCUT2D eigenvalue weighted by molar-refractivity contribution is 7.21. The van der Waals surface area contributed by atoms with E-state index in [0.717, 1.165) is 23.3 Å². The Balaban J connectivity index is 2.81. The number of hydrogen-bond donors (Lipinski definition) is 2. The summed E-state index contributed by atoms with van der Waals surface area (Å²) in [5.74, 6) is -2.39. The van der Waals surface area contributed by atoms with Crippen molar-refractivity contribution in [2.75, 3.05) is 0 Å². The van der Waals surface area contributed by atoms with Crippen LogP contribution in [0.2, 0.25) is 0 Å². The molecule has 0 saturated carbocycles. The van der Waals surface area contributed by atoms with Crippen molar-refractivity contribution in [2.45, 2.75) is 13.3 Å². The number of hydrogen-bond acceptors (Lipinski definition) is 3. The molecule has 1 aromatic carbocycles. The molecule has 0 aliphatic rings. The summed E-state index contributed by atoms with van der Waals surface area (Å²) in [5, 5.41) is 18.6. The Kier molecular flexibility index (Phi) is 2.85. The first-order valence-corrected chi connectivity index (χ1v) is 5.88. The van der Waals surface area contributed by atoms with Gasteiger partial charge in [-0.3, -0.25) is 0 Å². The molecule has 2 N–H and O–H groups in total. The molecule has 2 aromatic rings. The monoisotopic (exact) mass is 250 g/mol. The normalized spacial score (nSPS) is 10.6. The van der Waals surface area contributed by atoms with E-state index in [9.17, 15) is 9.59 Å². The fourth-order valence-electron chi connectivity index (χ4n) is 1.73. The fraction of sp³-hybridized carbons (Fsp3) is 0.167. The first kappa shape index (κ1) is 11.6. The molecule has 0 amide bonds. The van der Waals surface area contributed by atoms with E-state index in [0.29, 0.717) is 10.1 Å². The van der Waals surface area contributed by atoms with E-state index in [1.54, 1.807) is 12.1 Å². The van der Waals surface area contributed by atoms with Crippen LogP contribution >= 0.6 is 11.3 Å². The molecule has 0 saturated heterocycles. The molecule has 0 fully saturated rings. The largest absolute Gasteiger partial charge is 0.478 e. The lowest BCUT2D eigenvalue weighted by atomic mass is 10.1. The van der Waals surface area contributed by atoms with Gasteiger partial charge in [0.2, 0.25) is 0 Å². The van der Waals surface area contributed by atoms with Crippen LogP contribution in [0.15, 0.2) is 18.2 Å². The first-order valence-electron chi connectivity index (χ1n) is 5.06. The molecular formula is C12H10O4S. The van der Waals surface area contributed by atoms with Crippen molar-refractivity contribution < 1.29 is 19.8 Å². The second-order valence-electron chi connectivity index (χ2n) is 3.60. The number of fused-ring (bicyclic) bond motifs is 1. The van der Waals surface area contributed by atoms with E-state index < -0.39 is 11.9 Å². The molecule has 0 unspecified atom stereocenters. The molecule has 17 heavy (non-hydrogen) atoms. The second-order valence-corrected chi connectivity index (χ2v) is 4.65. The van der Waals surface area contributed by atoms with Gasteiger partial charge >= 0.3 is 11.9 Å². The van der Waals surface area contributed by atoms with Crippen molar-refractivity contribution in [1.29, 1.82) is 0 Å². The predicted octanol–water partition coefficient (Wildman–Crippen LogP) is 2.86. The van der Waals surface area contributed by atoms with Gasteiger partial charge in [0.15, 0.2) is 0 Å². The van der Waals surface area contributed by atoms with Crippen LogP contribution in [-0.2, 0) is 6.42 Å². The van der Waals surface area contributed by atoms with Gasteiger partial charge in [-0.2, -0.15) is 0 Å². The summed E-state index contributed by atoms with van der Waals surface area (Å²) in [5.41, 5.74) is 0.891. The van der Waals surface area contributed by atoms with Gasteiger partial charge in [0.25, 0.3) is 0 Å². The molecule has 1 heterocycles. The lowest BCUT2D eigenvalue weighted by Crippen LogP contribution is -2.04. The maximum Gasteiger partial charge on any atom is 0.346 e. The molecule has 0 atom stereocenters. The zero-order valence-electron chi connectivity index (χ0n) is 9.06. The lowest BCUT2D eigenvalue weighted by Gasteiger charge is -1.98. The number of thiophene rings is 1. The SMILES string of the molecule is CCc1ccc2sc(C(=O)O)c(C(=O)O)c2c1. The lowest BCUT2D eigenvalue weighted by molar-refractivity contribution is 0.0657. The third-order valence-electron chi connectivity index (χ3n) is 2.57. The van der Waals surface area contributed by atoms with E-state index >= 15 is 0 Å². The molecule has 4 nitrogen and oxygen atoms in total. The molecule has 0 aliphatic heterocycles. The standard InChI is InChI=1S/C12H10O4S/c1-2-6-3-4-8-7(5-6)9(11(13)14)10(17-8)12(15)16/h3-5H,2H2,1H3,(H,13,14)(H,15,16). The quantitative estimate of drug-likeness (QED) is 0.878. The number of carboxylic acids is 2. The van der Waals surface area contributed by atoms with Crippen molar-refractivity contribution in [2.24, 2.45) is 0 Å². The van der Waals surface area contributed by atoms with Crippen LogP contribution in [0.1, 0.15) is 32.5 Å². The van der Waals surface area contributed by atoms with Gasteiger partial charge in [-0.25, -0.2) is 9.59 Å². The van der Waals surface area contributed by atoms with Gasteiger partial charge in [0, 0.05) is 10.1 Å². The number of rotatable bonds is 3. The average molecular weight is 250 g/mol. The van der Waals surface area contributed by atoms with Crippen molar-refractivity contribution in [3.63, 3.8) is 0 Å². The minimum atomic E-state index is -1.19. The Labute approximate surface area is 101 Å². The van der Waals surface area contributed by atoms with E-state index in [4.69, 9.17) is 10.2 Å². The maximum absolute atomic E-state index is 11.1. The van der Waals surface area contributed by atoms with Gasteiger partial charge in [-0.1, -0.05) is 13.0 Å². The summed E-state index contributed by atoms with van der Waals surface area (Å²) in [6, 6.07) is 5.41. The highest BCUT2D eigenvalue weighted by atomic mass is 32.1. The van der Waals surface area contributed by atoms with Crippen LogP contribution in [0.3, 0.4) is 0 Å². The minimum absolute atomic E-state index is 0.104. The van der Waals surface area contributed by atoms with Crippen LogP contribution in [0.4, 0.5) is 0 Å². The van der Waals surface area contributed by atoms with Gasteiger partial charge in [-0.05, 0) is 24.1 Å². The number of carbonyl (C=O) groups is 2. The van der Waals surface area contributed by atoms with Gasteiger partial charge in [0.1, 0.15) is 4.88 Å². The van der Waals surface area contributed by atoms with Crippen molar-refractivity contribution >= 4 is 33.4 Å². The summed E-state index contributed by atoms with van der Waals surface area (Å²) >= 11 is 0.999. The summed E-state index contributed by atoms with van der Waals surface area (Å²) < 4.78 is 0.692. The topological polar surface area (TPSA) is 74.6 Å². The van der Waals surface area contributed by atoms with Crippen LogP contribution in [0.5, 0.6) is 0 Å². The molecule has 0 radical (unpaired) electrons. The van der Waals surface area contributed by atoms with Crippen LogP contribution < -0.4 is 0 Å². The van der Waals surface area contributed by atoms with Gasteiger partial charge < -0.3 is 10.2 Å². The average Bonchev–Trinajstić information content (AvgIpc) is 2.66. The Bertz CT molecular complexity index is 612. The Hall–Kier alpha value is -1.88. The minimum Gasteiger partial charge on any atom is -0.478 e. The second kappa shape index (κ2) is 4.18. The number of aromatic carboxylic acids is 2. The Morgan fingerprint density at radius 1 is 1.24 bits per heavy atom. The summed E-state index contributed by atoms with van der Waals surface area (Å²) in [6.07, 6.45) is 0.785. The summed E-state index contributed by atoms with van der Waals surface area (Å²) in [7, 11) is 0. The summed E-state index contributed by atoms with van der Waals surface area (Å²) in [4.78, 5) is 22.0. The molecule has 0 aliphatic carbocycles. The van der Waals surface area contributed by atoms with Crippen molar-refractivity contribution in [1.82, 2.24) is 0 Å². The Morgan fingerprint density at radius 3 is 2.47 bits per heavy atom. The van der Waals surface area contributed by atoms with Gasteiger partial charge in [0.05, 0.1) is 5.56 Å². The number of benzene rings is 1.